The minimum absolute atomic E-state index is 0.0203. The Morgan fingerprint density at radius 2 is 1.53 bits per heavy atom. The van der Waals surface area contributed by atoms with Crippen LogP contribution in [-0.4, -0.2) is 94.5 Å². The molecule has 0 radical (unpaired) electrons. The second-order valence-corrected chi connectivity index (χ2v) is 14.4. The molecule has 4 heterocycles. The van der Waals surface area contributed by atoms with E-state index in [2.05, 4.69) is 99.4 Å². The Labute approximate surface area is 333 Å². The van der Waals surface area contributed by atoms with Crippen molar-refractivity contribution in [3.8, 4) is 0 Å². The largest absolute Gasteiger partial charge is 0.383 e. The van der Waals surface area contributed by atoms with Gasteiger partial charge in [-0.05, 0) is 98.5 Å². The van der Waals surface area contributed by atoms with Crippen LogP contribution in [0.2, 0.25) is 0 Å². The van der Waals surface area contributed by atoms with E-state index < -0.39 is 5.79 Å². The highest BCUT2D eigenvalue weighted by atomic mass is 16.6. The fourth-order valence-corrected chi connectivity index (χ4v) is 6.24. The molecule has 4 atom stereocenters. The number of hydrogen-bond donors (Lipinski definition) is 3. The second kappa shape index (κ2) is 28.8. The quantitative estimate of drug-likeness (QED) is 0.107. The lowest BCUT2D eigenvalue weighted by Crippen LogP contribution is -2.33. The monoisotopic (exact) mass is 763 g/mol. The summed E-state index contributed by atoms with van der Waals surface area (Å²) in [6.07, 6.45) is 10.1. The highest BCUT2D eigenvalue weighted by Crippen LogP contribution is 2.28. The molecule has 0 amide bonds. The number of anilines is 1. The minimum atomic E-state index is -1.12. The number of likely N-dealkylation sites (N-methyl/N-ethyl adjacent to an activating group) is 1. The van der Waals surface area contributed by atoms with Crippen molar-refractivity contribution in [1.29, 1.82) is 0 Å². The number of aliphatic hydroxyl groups is 1. The van der Waals surface area contributed by atoms with Gasteiger partial charge in [-0.15, -0.1) is 6.58 Å². The Kier molecular flexibility index (Phi) is 26.0. The van der Waals surface area contributed by atoms with Crippen molar-refractivity contribution in [2.24, 2.45) is 0 Å². The van der Waals surface area contributed by atoms with Crippen LogP contribution in [0.15, 0.2) is 79.6 Å². The number of carbonyl (C=O) groups is 1. The molecule has 0 spiro atoms. The lowest BCUT2D eigenvalue weighted by atomic mass is 10.1. The summed E-state index contributed by atoms with van der Waals surface area (Å²) in [4.78, 5) is 23.0. The summed E-state index contributed by atoms with van der Waals surface area (Å²) >= 11 is 0. The molecule has 1 aromatic heterocycles. The van der Waals surface area contributed by atoms with Gasteiger partial charge in [0, 0.05) is 56.3 Å². The molecule has 4 N–H and O–H groups in total. The van der Waals surface area contributed by atoms with Gasteiger partial charge in [0.15, 0.2) is 5.79 Å². The highest BCUT2D eigenvalue weighted by molar-refractivity contribution is 5.49. The highest BCUT2D eigenvalue weighted by Gasteiger charge is 2.35. The molecule has 6 rings (SSSR count). The Hall–Kier alpha value is -3.51. The number of nitrogens with zero attached hydrogens (tertiary/aromatic N) is 4. The summed E-state index contributed by atoms with van der Waals surface area (Å²) in [5.74, 6) is -0.551. The van der Waals surface area contributed by atoms with Crippen LogP contribution in [0.5, 0.6) is 0 Å². The van der Waals surface area contributed by atoms with E-state index in [4.69, 9.17) is 15.2 Å². The molecule has 2 unspecified atom stereocenters. The Morgan fingerprint density at radius 3 is 1.98 bits per heavy atom. The predicted octanol–water partition coefficient (Wildman–Crippen LogP) is 7.91. The third-order valence-corrected chi connectivity index (χ3v) is 9.22. The lowest BCUT2D eigenvalue weighted by molar-refractivity contribution is -0.212. The van der Waals surface area contributed by atoms with Gasteiger partial charge >= 0.3 is 0 Å². The van der Waals surface area contributed by atoms with Crippen LogP contribution < -0.4 is 11.1 Å². The number of nitrogens with one attached hydrogen (secondary N) is 1. The molecule has 3 aliphatic heterocycles. The summed E-state index contributed by atoms with van der Waals surface area (Å²) in [6, 6.07) is 22.1. The van der Waals surface area contributed by atoms with Gasteiger partial charge in [0.1, 0.15) is 18.4 Å². The van der Waals surface area contributed by atoms with Crippen LogP contribution in [0, 0.1) is 13.8 Å². The van der Waals surface area contributed by atoms with Crippen molar-refractivity contribution in [2.45, 2.75) is 137 Å². The fourth-order valence-electron chi connectivity index (χ4n) is 6.24. The summed E-state index contributed by atoms with van der Waals surface area (Å²) in [5, 5.41) is 12.9. The number of aryl methyl sites for hydroxylation is 1. The van der Waals surface area contributed by atoms with E-state index in [1.54, 1.807) is 19.9 Å². The number of rotatable bonds is 10. The molecule has 3 aliphatic rings. The molecule has 2 aromatic carbocycles. The van der Waals surface area contributed by atoms with Crippen LogP contribution in [0.25, 0.3) is 0 Å². The molecule has 0 aliphatic carbocycles. The zero-order valence-electron chi connectivity index (χ0n) is 35.5. The van der Waals surface area contributed by atoms with Crippen LogP contribution in [-0.2, 0) is 27.4 Å². The molecule has 0 saturated carbocycles. The van der Waals surface area contributed by atoms with Gasteiger partial charge in [-0.3, -0.25) is 9.80 Å². The first kappa shape index (κ1) is 49.5. The lowest BCUT2D eigenvalue weighted by Gasteiger charge is -2.24. The number of benzene rings is 2. The number of allylic oxidation sites excluding steroid dienone is 1. The first-order chi connectivity index (χ1) is 26.4. The zero-order valence-corrected chi connectivity index (χ0v) is 35.5. The SMILES string of the molecule is C=CC.CC.CC1O[C@H](CCC=O)C[C@H]1OC(C)(C)O.CNC1CCN(Cc2ccccc2)C1.Cc1ncnc(N)c1C.c1ccc(CN2CCCC2)cc1. The van der Waals surface area contributed by atoms with E-state index in [0.717, 1.165) is 43.5 Å². The average Bonchev–Trinajstić information content (AvgIpc) is 3.94. The molecule has 3 saturated heterocycles. The van der Waals surface area contributed by atoms with Crippen molar-refractivity contribution in [2.75, 3.05) is 39.0 Å². The number of nitrogen functional groups attached to an aromatic ring is 1. The minimum Gasteiger partial charge on any atom is -0.383 e. The van der Waals surface area contributed by atoms with E-state index in [1.807, 2.05) is 41.5 Å². The molecular formula is C45H74N6O4. The van der Waals surface area contributed by atoms with Gasteiger partial charge in [-0.25, -0.2) is 9.97 Å². The molecule has 308 valence electrons. The number of nitrogens with two attached hydrogens (primary N) is 1. The Balaban J connectivity index is 0.000000356. The van der Waals surface area contributed by atoms with Crippen molar-refractivity contribution < 1.29 is 19.4 Å². The number of hydrogen-bond acceptors (Lipinski definition) is 10. The van der Waals surface area contributed by atoms with Crippen molar-refractivity contribution >= 4 is 12.1 Å². The summed E-state index contributed by atoms with van der Waals surface area (Å²) in [5.41, 5.74) is 10.3. The maximum Gasteiger partial charge on any atom is 0.160 e. The van der Waals surface area contributed by atoms with Gasteiger partial charge in [0.25, 0.3) is 0 Å². The molecule has 3 aromatic rings. The van der Waals surface area contributed by atoms with Gasteiger partial charge in [-0.2, -0.15) is 0 Å². The predicted molar refractivity (Wildman–Crippen MR) is 229 cm³/mol. The molecule has 3 fully saturated rings. The second-order valence-electron chi connectivity index (χ2n) is 14.4. The van der Waals surface area contributed by atoms with E-state index in [0.29, 0.717) is 18.3 Å². The molecule has 10 heteroatoms. The van der Waals surface area contributed by atoms with Crippen LogP contribution >= 0.6 is 0 Å². The summed E-state index contributed by atoms with van der Waals surface area (Å²) in [7, 11) is 2.05. The Bertz CT molecular complexity index is 1380. The number of ether oxygens (including phenoxy) is 2. The summed E-state index contributed by atoms with van der Waals surface area (Å²) in [6.45, 7) is 25.4. The maximum absolute atomic E-state index is 10.2. The van der Waals surface area contributed by atoms with E-state index in [9.17, 15) is 9.90 Å². The normalized spacial score (nSPS) is 20.4. The zero-order chi connectivity index (χ0) is 41.1. The number of aldehydes is 1. The van der Waals surface area contributed by atoms with Crippen molar-refractivity contribution in [1.82, 2.24) is 25.1 Å². The average molecular weight is 763 g/mol. The first-order valence-electron chi connectivity index (χ1n) is 20.2. The standard InChI is InChI=1S/C12H18N2.C11H15N.C11H20O4.C6H9N3.C3H6.C2H6/c1-13-12-7-8-14(10-12)9-11-5-3-2-4-6-11;1-2-6-11(7-3-1)10-12-8-4-5-9-12;1-8-10(15-11(2,3)13)7-9(14-8)5-4-6-12;1-4-5(2)8-3-9-6(4)7;1-3-2;1-2/h2-6,12-13H,7-10H2,1H3;1-3,6-7H,4-5,8-10H2;6,8-10,13H,4-5,7H2,1-3H3;3H,1-2H3,(H2,7,8,9);3H,1H2,2H3;1-2H3/t;;8?,9-,10-;;;/m..1.../s1. The smallest absolute Gasteiger partial charge is 0.160 e. The molecular weight excluding hydrogens is 689 g/mol. The topological polar surface area (TPSA) is 126 Å². The van der Waals surface area contributed by atoms with E-state index in [-0.39, 0.29) is 18.3 Å². The van der Waals surface area contributed by atoms with Crippen molar-refractivity contribution in [3.63, 3.8) is 0 Å². The van der Waals surface area contributed by atoms with Crippen LogP contribution in [0.3, 0.4) is 0 Å². The van der Waals surface area contributed by atoms with Crippen LogP contribution in [0.4, 0.5) is 5.82 Å². The van der Waals surface area contributed by atoms with E-state index in [1.165, 1.54) is 62.9 Å². The van der Waals surface area contributed by atoms with Gasteiger partial charge in [0.05, 0.1) is 18.3 Å². The third-order valence-electron chi connectivity index (χ3n) is 9.22. The van der Waals surface area contributed by atoms with E-state index >= 15 is 0 Å². The van der Waals surface area contributed by atoms with Gasteiger partial charge in [0.2, 0.25) is 0 Å². The van der Waals surface area contributed by atoms with Crippen LogP contribution in [0.1, 0.15) is 102 Å². The number of aromatic nitrogens is 2. The van der Waals surface area contributed by atoms with Gasteiger partial charge < -0.3 is 30.4 Å². The first-order valence-corrected chi connectivity index (χ1v) is 20.2. The molecule has 0 bridgehead atoms. The fraction of sp³-hybridized carbons (Fsp3) is 0.578. The number of likely N-dealkylation sites (tertiary alicyclic amines) is 2. The summed E-state index contributed by atoms with van der Waals surface area (Å²) < 4.78 is 11.1. The van der Waals surface area contributed by atoms with Crippen molar-refractivity contribution in [3.05, 3.63) is 102 Å². The Morgan fingerprint density at radius 1 is 0.982 bits per heavy atom. The van der Waals surface area contributed by atoms with Gasteiger partial charge in [-0.1, -0.05) is 80.6 Å². The molecule has 55 heavy (non-hydrogen) atoms. The molecule has 10 nitrogen and oxygen atoms in total. The number of carbonyl (C=O) groups excluding carboxylic acids is 1. The maximum atomic E-state index is 10.2. The third kappa shape index (κ3) is 22.0.